The Kier molecular flexibility index (Phi) is 15.4. The van der Waals surface area contributed by atoms with Crippen LogP contribution in [0.3, 0.4) is 0 Å². The first-order valence-corrected chi connectivity index (χ1v) is 11.4. The molecule has 0 spiro atoms. The van der Waals surface area contributed by atoms with Gasteiger partial charge in [0.05, 0.1) is 6.61 Å². The summed E-state index contributed by atoms with van der Waals surface area (Å²) in [4.78, 5) is 11.6. The topological polar surface area (TPSA) is 98.0 Å². The van der Waals surface area contributed by atoms with Crippen molar-refractivity contribution in [2.75, 3.05) is 19.7 Å². The molecule has 0 aliphatic carbocycles. The average Bonchev–Trinajstić information content (AvgIpc) is 2.66. The Labute approximate surface area is 177 Å². The van der Waals surface area contributed by atoms with Crippen molar-refractivity contribution in [3.05, 3.63) is 23.9 Å². The van der Waals surface area contributed by atoms with Crippen molar-refractivity contribution in [2.24, 2.45) is 5.92 Å². The molecule has 1 unspecified atom stereocenters. The van der Waals surface area contributed by atoms with Gasteiger partial charge in [-0.15, -0.1) is 0 Å². The van der Waals surface area contributed by atoms with Crippen molar-refractivity contribution in [1.29, 1.82) is 0 Å². The van der Waals surface area contributed by atoms with Crippen molar-refractivity contribution in [3.8, 4) is 0 Å². The Morgan fingerprint density at radius 1 is 0.828 bits per heavy atom. The number of unbranched alkanes of at least 4 members (excludes halogenated alkanes) is 6. The summed E-state index contributed by atoms with van der Waals surface area (Å²) < 4.78 is -0.0550. The van der Waals surface area contributed by atoms with Gasteiger partial charge in [-0.05, 0) is 19.3 Å². The predicted octanol–water partition coefficient (Wildman–Crippen LogP) is 5.65. The zero-order valence-electron chi connectivity index (χ0n) is 18.8. The lowest BCUT2D eigenvalue weighted by Gasteiger charge is -2.33. The van der Waals surface area contributed by atoms with E-state index in [-0.39, 0.29) is 35.7 Å². The number of hydrogen-bond acceptors (Lipinski definition) is 4. The monoisotopic (exact) mass is 414 g/mol. The van der Waals surface area contributed by atoms with Crippen molar-refractivity contribution in [1.82, 2.24) is 0 Å². The fourth-order valence-corrected chi connectivity index (χ4v) is 3.53. The molecule has 0 aromatic heterocycles. The molecule has 0 aromatic rings. The van der Waals surface area contributed by atoms with Crippen molar-refractivity contribution in [2.45, 2.75) is 91.4 Å². The summed E-state index contributed by atoms with van der Waals surface area (Å²) in [6, 6.07) is 0. The summed E-state index contributed by atoms with van der Waals surface area (Å²) in [6.07, 6.45) is 12.9. The van der Waals surface area contributed by atoms with Crippen LogP contribution in [-0.4, -0.2) is 50.6 Å². The van der Waals surface area contributed by atoms with E-state index in [1.54, 1.807) is 12.4 Å². The SMILES string of the molecule is CCCCCC/C(O)=C/[N+](/C=C(\O)CCCCCC)(CCO)CC(CC)C(=O)O. The molecule has 0 saturated heterocycles. The molecule has 6 heteroatoms. The van der Waals surface area contributed by atoms with Crippen LogP contribution < -0.4 is 0 Å². The van der Waals surface area contributed by atoms with Crippen LogP contribution in [0.5, 0.6) is 0 Å². The van der Waals surface area contributed by atoms with Crippen LogP contribution in [0, 0.1) is 5.92 Å². The molecule has 0 saturated carbocycles. The first-order chi connectivity index (χ1) is 13.8. The van der Waals surface area contributed by atoms with Gasteiger partial charge in [-0.1, -0.05) is 59.3 Å². The average molecular weight is 415 g/mol. The number of carboxylic acid groups (broad SMARTS) is 1. The van der Waals surface area contributed by atoms with Gasteiger partial charge in [-0.3, -0.25) is 9.28 Å². The number of nitrogens with zero attached hydrogens (tertiary/aromatic N) is 1. The normalized spacial score (nSPS) is 15.9. The molecule has 0 fully saturated rings. The summed E-state index contributed by atoms with van der Waals surface area (Å²) in [5, 5.41) is 40.2. The van der Waals surface area contributed by atoms with Crippen LogP contribution >= 0.6 is 0 Å². The number of carbonyl (C=O) groups is 1. The van der Waals surface area contributed by atoms with Crippen LogP contribution in [0.25, 0.3) is 0 Å². The van der Waals surface area contributed by atoms with E-state index in [2.05, 4.69) is 13.8 Å². The highest BCUT2D eigenvalue weighted by molar-refractivity contribution is 5.70. The molecule has 0 aliphatic rings. The largest absolute Gasteiger partial charge is 0.507 e. The number of rotatable bonds is 18. The number of hydrogen-bond donors (Lipinski definition) is 4. The second-order valence-electron chi connectivity index (χ2n) is 8.04. The molecule has 0 amide bonds. The van der Waals surface area contributed by atoms with E-state index in [0.29, 0.717) is 19.3 Å². The number of aliphatic carboxylic acids is 1. The molecule has 6 nitrogen and oxygen atoms in total. The highest BCUT2D eigenvalue weighted by atomic mass is 16.4. The number of quaternary nitrogens is 1. The third-order valence-electron chi connectivity index (χ3n) is 5.30. The van der Waals surface area contributed by atoms with Crippen molar-refractivity contribution >= 4 is 5.97 Å². The highest BCUT2D eigenvalue weighted by Gasteiger charge is 2.32. The Hall–Kier alpha value is -1.53. The van der Waals surface area contributed by atoms with E-state index in [4.69, 9.17) is 0 Å². The molecule has 1 atom stereocenters. The molecule has 29 heavy (non-hydrogen) atoms. The van der Waals surface area contributed by atoms with Crippen molar-refractivity contribution in [3.63, 3.8) is 0 Å². The smallest absolute Gasteiger partial charge is 0.312 e. The zero-order chi connectivity index (χ0) is 22.1. The molecule has 0 aromatic carbocycles. The van der Waals surface area contributed by atoms with Crippen LogP contribution in [0.15, 0.2) is 23.9 Å². The molecule has 4 N–H and O–H groups in total. The van der Waals surface area contributed by atoms with Gasteiger partial charge in [-0.2, -0.15) is 0 Å². The number of carboxylic acids is 1. The van der Waals surface area contributed by atoms with Gasteiger partial charge in [0.1, 0.15) is 42.9 Å². The third-order valence-corrected chi connectivity index (χ3v) is 5.30. The van der Waals surface area contributed by atoms with Gasteiger partial charge in [-0.25, -0.2) is 0 Å². The molecule has 0 rings (SSSR count). The second kappa shape index (κ2) is 16.3. The van der Waals surface area contributed by atoms with E-state index in [0.717, 1.165) is 51.4 Å². The summed E-state index contributed by atoms with van der Waals surface area (Å²) >= 11 is 0. The Balaban J connectivity index is 5.60. The molecular formula is C23H44NO5+. The second-order valence-corrected chi connectivity index (χ2v) is 8.04. The minimum Gasteiger partial charge on any atom is -0.507 e. The first kappa shape index (κ1) is 27.5. The third kappa shape index (κ3) is 12.6. The standard InChI is InChI=1S/C23H43NO5/c1-4-7-9-11-13-21(26)18-24(15-16-25,17-20(6-3)23(28)29)19-22(27)14-12-10-8-5-2/h18-20,25H,4-17H2,1-3H3,(H2-,26,27,28,29)/p+1/b21-18-,22-19-. The maximum absolute atomic E-state index is 11.6. The van der Waals surface area contributed by atoms with E-state index in [1.165, 1.54) is 0 Å². The minimum absolute atomic E-state index is 0.0550. The molecule has 170 valence electrons. The van der Waals surface area contributed by atoms with Crippen LogP contribution in [0.2, 0.25) is 0 Å². The first-order valence-electron chi connectivity index (χ1n) is 11.4. The van der Waals surface area contributed by atoms with Crippen LogP contribution in [0.4, 0.5) is 0 Å². The van der Waals surface area contributed by atoms with Crippen molar-refractivity contribution < 1.29 is 29.7 Å². The summed E-state index contributed by atoms with van der Waals surface area (Å²) in [5.74, 6) is -1.16. The molecule has 0 bridgehead atoms. The summed E-state index contributed by atoms with van der Waals surface area (Å²) in [7, 11) is 0. The van der Waals surface area contributed by atoms with E-state index in [1.807, 2.05) is 6.92 Å². The van der Waals surface area contributed by atoms with E-state index in [9.17, 15) is 25.2 Å². The Bertz CT molecular complexity index is 473. The van der Waals surface area contributed by atoms with Gasteiger partial charge >= 0.3 is 5.97 Å². The van der Waals surface area contributed by atoms with E-state index < -0.39 is 11.9 Å². The molecular weight excluding hydrogens is 370 g/mol. The fourth-order valence-electron chi connectivity index (χ4n) is 3.53. The number of aliphatic hydroxyl groups excluding tert-OH is 3. The lowest BCUT2D eigenvalue weighted by Crippen LogP contribution is -2.46. The Morgan fingerprint density at radius 2 is 1.31 bits per heavy atom. The lowest BCUT2D eigenvalue weighted by atomic mass is 10.0. The summed E-state index contributed by atoms with van der Waals surface area (Å²) in [5.41, 5.74) is 0. The fraction of sp³-hybridized carbons (Fsp3) is 0.783. The maximum Gasteiger partial charge on any atom is 0.312 e. The lowest BCUT2D eigenvalue weighted by molar-refractivity contribution is -0.833. The van der Waals surface area contributed by atoms with Gasteiger partial charge in [0.25, 0.3) is 0 Å². The van der Waals surface area contributed by atoms with E-state index >= 15 is 0 Å². The molecule has 0 aliphatic heterocycles. The number of allylic oxidation sites excluding steroid dienone is 2. The predicted molar refractivity (Wildman–Crippen MR) is 117 cm³/mol. The maximum atomic E-state index is 11.6. The molecule has 0 heterocycles. The van der Waals surface area contributed by atoms with Gasteiger partial charge in [0, 0.05) is 12.8 Å². The Morgan fingerprint density at radius 3 is 1.66 bits per heavy atom. The molecule has 0 radical (unpaired) electrons. The summed E-state index contributed by atoms with van der Waals surface area (Å²) in [6.45, 7) is 6.30. The van der Waals surface area contributed by atoms with Crippen LogP contribution in [-0.2, 0) is 4.79 Å². The number of aliphatic hydroxyl groups is 3. The highest BCUT2D eigenvalue weighted by Crippen LogP contribution is 2.23. The van der Waals surface area contributed by atoms with Gasteiger partial charge in [0.2, 0.25) is 0 Å². The quantitative estimate of drug-likeness (QED) is 0.132. The minimum atomic E-state index is -0.903. The zero-order valence-corrected chi connectivity index (χ0v) is 18.8. The van der Waals surface area contributed by atoms with Gasteiger partial charge in [0.15, 0.2) is 0 Å². The van der Waals surface area contributed by atoms with Gasteiger partial charge < -0.3 is 20.4 Å². The van der Waals surface area contributed by atoms with Crippen LogP contribution in [0.1, 0.15) is 91.4 Å².